The van der Waals surface area contributed by atoms with Crippen LogP contribution in [-0.2, 0) is 9.47 Å². The Morgan fingerprint density at radius 3 is 3.28 bits per heavy atom. The van der Waals surface area contributed by atoms with Crippen LogP contribution < -0.4 is 4.74 Å². The summed E-state index contributed by atoms with van der Waals surface area (Å²) < 4.78 is 17.1. The highest BCUT2D eigenvalue weighted by molar-refractivity contribution is 5.96. The van der Waals surface area contributed by atoms with E-state index in [1.165, 1.54) is 7.11 Å². The van der Waals surface area contributed by atoms with Crippen molar-refractivity contribution in [2.75, 3.05) is 40.0 Å². The van der Waals surface area contributed by atoms with Crippen LogP contribution in [0, 0.1) is 5.41 Å². The normalized spacial score (nSPS) is 26.0. The minimum absolute atomic E-state index is 0.0444. The number of methoxy groups -OCH3 is 1. The van der Waals surface area contributed by atoms with Gasteiger partial charge in [-0.3, -0.25) is 4.79 Å². The van der Waals surface area contributed by atoms with Gasteiger partial charge in [-0.1, -0.05) is 6.08 Å². The largest absolute Gasteiger partial charge is 0.480 e. The van der Waals surface area contributed by atoms with Crippen LogP contribution in [0.1, 0.15) is 29.6 Å². The Bertz CT molecular complexity index is 621. The Morgan fingerprint density at radius 2 is 2.48 bits per heavy atom. The number of piperidine rings is 1. The number of ether oxygens (including phenoxy) is 3. The summed E-state index contributed by atoms with van der Waals surface area (Å²) in [5.41, 5.74) is 0.354. The standard InChI is InChI=1S/C19H26N2O4/c1-3-11-24-14-19-8-5-12-25-16(19)7-10-21(13-19)18(22)15-6-4-9-20-17(15)23-2/h3-4,6,9,16H,1,5,7-8,10-14H2,2H3/t16-,19+/m0/s1. The quantitative estimate of drug-likeness (QED) is 0.584. The van der Waals surface area contributed by atoms with E-state index < -0.39 is 0 Å². The molecule has 1 aromatic heterocycles. The molecule has 25 heavy (non-hydrogen) atoms. The number of amides is 1. The first-order valence-corrected chi connectivity index (χ1v) is 8.79. The number of carbonyl (C=O) groups is 1. The third kappa shape index (κ3) is 3.70. The molecule has 0 radical (unpaired) electrons. The minimum Gasteiger partial charge on any atom is -0.480 e. The van der Waals surface area contributed by atoms with Crippen molar-refractivity contribution in [3.8, 4) is 5.88 Å². The highest BCUT2D eigenvalue weighted by Crippen LogP contribution is 2.41. The molecule has 0 aromatic carbocycles. The van der Waals surface area contributed by atoms with Crippen LogP contribution in [0.5, 0.6) is 5.88 Å². The fourth-order valence-electron chi connectivity index (χ4n) is 3.91. The maximum absolute atomic E-state index is 13.0. The average molecular weight is 346 g/mol. The van der Waals surface area contributed by atoms with Crippen LogP contribution in [0.3, 0.4) is 0 Å². The minimum atomic E-state index is -0.148. The van der Waals surface area contributed by atoms with E-state index in [0.717, 1.165) is 25.9 Å². The first-order chi connectivity index (χ1) is 12.2. The van der Waals surface area contributed by atoms with E-state index in [-0.39, 0.29) is 17.4 Å². The van der Waals surface area contributed by atoms with E-state index in [1.54, 1.807) is 24.4 Å². The molecule has 6 heteroatoms. The first kappa shape index (κ1) is 17.9. The molecule has 0 aliphatic carbocycles. The molecule has 3 heterocycles. The van der Waals surface area contributed by atoms with E-state index >= 15 is 0 Å². The third-order valence-electron chi connectivity index (χ3n) is 5.10. The molecule has 2 aliphatic rings. The number of hydrogen-bond acceptors (Lipinski definition) is 5. The Hall–Kier alpha value is -1.92. The van der Waals surface area contributed by atoms with Crippen LogP contribution in [0.25, 0.3) is 0 Å². The second kappa shape index (κ2) is 7.97. The van der Waals surface area contributed by atoms with Crippen molar-refractivity contribution in [1.82, 2.24) is 9.88 Å². The second-order valence-electron chi connectivity index (χ2n) is 6.70. The SMILES string of the molecule is C=CCOC[C@]12CCCO[C@H]1CCN(C(=O)c1cccnc1OC)C2. The van der Waals surface area contributed by atoms with E-state index in [0.29, 0.717) is 37.7 Å². The lowest BCUT2D eigenvalue weighted by Crippen LogP contribution is -2.58. The monoisotopic (exact) mass is 346 g/mol. The summed E-state index contributed by atoms with van der Waals surface area (Å²) in [5, 5.41) is 0. The maximum atomic E-state index is 13.0. The Kier molecular flexibility index (Phi) is 5.71. The third-order valence-corrected chi connectivity index (χ3v) is 5.10. The molecule has 3 rings (SSSR count). The van der Waals surface area contributed by atoms with Crippen molar-refractivity contribution in [2.24, 2.45) is 5.41 Å². The molecule has 6 nitrogen and oxygen atoms in total. The van der Waals surface area contributed by atoms with Crippen molar-refractivity contribution in [2.45, 2.75) is 25.4 Å². The molecule has 0 N–H and O–H groups in total. The first-order valence-electron chi connectivity index (χ1n) is 8.79. The lowest BCUT2D eigenvalue weighted by molar-refractivity contribution is -0.144. The summed E-state index contributed by atoms with van der Waals surface area (Å²) >= 11 is 0. The molecule has 2 atom stereocenters. The van der Waals surface area contributed by atoms with Gasteiger partial charge in [0.2, 0.25) is 5.88 Å². The summed E-state index contributed by atoms with van der Waals surface area (Å²) in [5.74, 6) is 0.323. The topological polar surface area (TPSA) is 60.9 Å². The number of pyridine rings is 1. The zero-order valence-corrected chi connectivity index (χ0v) is 14.8. The van der Waals surface area contributed by atoms with E-state index in [1.807, 2.05) is 4.90 Å². The Morgan fingerprint density at radius 1 is 1.60 bits per heavy atom. The van der Waals surface area contributed by atoms with Gasteiger partial charge in [-0.25, -0.2) is 4.98 Å². The summed E-state index contributed by atoms with van der Waals surface area (Å²) in [7, 11) is 1.53. The van der Waals surface area contributed by atoms with Crippen molar-refractivity contribution < 1.29 is 19.0 Å². The predicted octanol–water partition coefficient (Wildman–Crippen LogP) is 2.30. The molecule has 2 saturated heterocycles. The van der Waals surface area contributed by atoms with Gasteiger partial charge in [-0.05, 0) is 31.4 Å². The van der Waals surface area contributed by atoms with Crippen molar-refractivity contribution in [3.63, 3.8) is 0 Å². The fourth-order valence-corrected chi connectivity index (χ4v) is 3.91. The molecule has 136 valence electrons. The van der Waals surface area contributed by atoms with Crippen LogP contribution in [-0.4, -0.2) is 61.9 Å². The second-order valence-corrected chi connectivity index (χ2v) is 6.70. The van der Waals surface area contributed by atoms with E-state index in [4.69, 9.17) is 14.2 Å². The number of hydrogen-bond donors (Lipinski definition) is 0. The van der Waals surface area contributed by atoms with Crippen LogP contribution in [0.15, 0.2) is 31.0 Å². The van der Waals surface area contributed by atoms with Gasteiger partial charge in [0.1, 0.15) is 5.56 Å². The summed E-state index contributed by atoms with van der Waals surface area (Å²) in [4.78, 5) is 19.1. The number of rotatable bonds is 6. The Labute approximate surface area is 148 Å². The molecule has 1 amide bonds. The number of carbonyl (C=O) groups excluding carboxylic acids is 1. The lowest BCUT2D eigenvalue weighted by Gasteiger charge is -2.50. The zero-order chi connectivity index (χ0) is 17.7. The predicted molar refractivity (Wildman–Crippen MR) is 93.7 cm³/mol. The number of likely N-dealkylation sites (tertiary alicyclic amines) is 1. The Balaban J connectivity index is 1.79. The summed E-state index contributed by atoms with van der Waals surface area (Å²) in [6.45, 7) is 6.89. The highest BCUT2D eigenvalue weighted by Gasteiger charge is 2.47. The number of nitrogens with zero attached hydrogens (tertiary/aromatic N) is 2. The van der Waals surface area contributed by atoms with Gasteiger partial charge < -0.3 is 19.1 Å². The smallest absolute Gasteiger partial charge is 0.259 e. The molecule has 0 spiro atoms. The van der Waals surface area contributed by atoms with Gasteiger partial charge in [0, 0.05) is 31.3 Å². The highest BCUT2D eigenvalue weighted by atomic mass is 16.5. The van der Waals surface area contributed by atoms with Gasteiger partial charge in [0.15, 0.2) is 0 Å². The van der Waals surface area contributed by atoms with Crippen molar-refractivity contribution >= 4 is 5.91 Å². The van der Waals surface area contributed by atoms with Gasteiger partial charge in [0.25, 0.3) is 5.91 Å². The van der Waals surface area contributed by atoms with Crippen LogP contribution in [0.2, 0.25) is 0 Å². The molecular formula is C19H26N2O4. The van der Waals surface area contributed by atoms with Gasteiger partial charge in [0.05, 0.1) is 26.4 Å². The molecule has 1 aromatic rings. The lowest BCUT2D eigenvalue weighted by atomic mass is 9.73. The van der Waals surface area contributed by atoms with E-state index in [9.17, 15) is 4.79 Å². The molecule has 2 aliphatic heterocycles. The number of fused-ring (bicyclic) bond motifs is 1. The number of aromatic nitrogens is 1. The molecular weight excluding hydrogens is 320 g/mol. The molecule has 0 bridgehead atoms. The van der Waals surface area contributed by atoms with Gasteiger partial charge in [-0.15, -0.1) is 6.58 Å². The molecule has 0 unspecified atom stereocenters. The summed E-state index contributed by atoms with van der Waals surface area (Å²) in [6, 6.07) is 3.52. The van der Waals surface area contributed by atoms with Gasteiger partial charge >= 0.3 is 0 Å². The fraction of sp³-hybridized carbons (Fsp3) is 0.579. The van der Waals surface area contributed by atoms with Crippen molar-refractivity contribution in [1.29, 1.82) is 0 Å². The van der Waals surface area contributed by atoms with E-state index in [2.05, 4.69) is 11.6 Å². The van der Waals surface area contributed by atoms with Crippen molar-refractivity contribution in [3.05, 3.63) is 36.5 Å². The summed E-state index contributed by atoms with van der Waals surface area (Å²) in [6.07, 6.45) is 6.34. The van der Waals surface area contributed by atoms with Gasteiger partial charge in [-0.2, -0.15) is 0 Å². The van der Waals surface area contributed by atoms with Crippen LogP contribution in [0.4, 0.5) is 0 Å². The van der Waals surface area contributed by atoms with Crippen LogP contribution >= 0.6 is 0 Å². The molecule has 2 fully saturated rings. The molecule has 0 saturated carbocycles. The maximum Gasteiger partial charge on any atom is 0.259 e. The average Bonchev–Trinajstić information content (AvgIpc) is 2.67. The zero-order valence-electron chi connectivity index (χ0n) is 14.8.